The number of rotatable bonds is 5. The maximum absolute atomic E-state index is 15.1. The van der Waals surface area contributed by atoms with Crippen molar-refractivity contribution in [3.8, 4) is 16.9 Å². The van der Waals surface area contributed by atoms with Gasteiger partial charge >= 0.3 is 6.61 Å². The van der Waals surface area contributed by atoms with Gasteiger partial charge in [0.25, 0.3) is 0 Å². The van der Waals surface area contributed by atoms with Gasteiger partial charge in [-0.2, -0.15) is 8.78 Å². The van der Waals surface area contributed by atoms with E-state index in [0.29, 0.717) is 55.7 Å². The summed E-state index contributed by atoms with van der Waals surface area (Å²) in [6.45, 7) is -2.09. The molecule has 1 fully saturated rings. The molecule has 0 spiro atoms. The van der Waals surface area contributed by atoms with Crippen LogP contribution in [0, 0.1) is 5.82 Å². The molecule has 1 aliphatic carbocycles. The molecule has 10 heteroatoms. The predicted molar refractivity (Wildman–Crippen MR) is 123 cm³/mol. The number of pyridine rings is 1. The maximum Gasteiger partial charge on any atom is 0.387 e. The Kier molecular flexibility index (Phi) is 5.65. The van der Waals surface area contributed by atoms with Gasteiger partial charge in [-0.05, 0) is 18.9 Å². The van der Waals surface area contributed by atoms with Gasteiger partial charge in [-0.3, -0.25) is 0 Å². The number of alkyl halides is 2. The summed E-state index contributed by atoms with van der Waals surface area (Å²) in [6, 6.07) is 8.09. The molecule has 1 atom stereocenters. The molecule has 1 aromatic carbocycles. The number of aromatic nitrogens is 4. The highest BCUT2D eigenvalue weighted by atomic mass is 19.3. The highest BCUT2D eigenvalue weighted by molar-refractivity contribution is 5.65. The molecular weight excluding hydrogens is 473 g/mol. The molecule has 4 heterocycles. The van der Waals surface area contributed by atoms with Crippen molar-refractivity contribution in [2.75, 3.05) is 13.2 Å². The number of hydrogen-bond donors (Lipinski definition) is 1. The Hall–Kier alpha value is -3.50. The van der Waals surface area contributed by atoms with Crippen LogP contribution in [0.25, 0.3) is 16.8 Å². The second kappa shape index (κ2) is 8.86. The SMILES string of the molecule is OC1(c2ncc(-c3cn4c5c(nc4cc3F)CC[C@@H]5c3ccccc3OC(F)F)cn2)CCOCC1. The first-order chi connectivity index (χ1) is 17.4. The van der Waals surface area contributed by atoms with E-state index in [1.807, 2.05) is 4.40 Å². The summed E-state index contributed by atoms with van der Waals surface area (Å²) in [5, 5.41) is 10.8. The van der Waals surface area contributed by atoms with E-state index in [1.54, 1.807) is 24.4 Å². The summed E-state index contributed by atoms with van der Waals surface area (Å²) < 4.78 is 53.1. The number of hydrogen-bond acceptors (Lipinski definition) is 6. The largest absolute Gasteiger partial charge is 0.435 e. The zero-order valence-corrected chi connectivity index (χ0v) is 19.2. The molecule has 4 aromatic rings. The summed E-state index contributed by atoms with van der Waals surface area (Å²) >= 11 is 0. The molecule has 0 amide bonds. The van der Waals surface area contributed by atoms with Crippen LogP contribution in [0.4, 0.5) is 13.2 Å². The van der Waals surface area contributed by atoms with E-state index in [4.69, 9.17) is 9.47 Å². The minimum absolute atomic E-state index is 0.123. The lowest BCUT2D eigenvalue weighted by Gasteiger charge is -2.30. The van der Waals surface area contributed by atoms with Gasteiger partial charge in [0.05, 0.1) is 11.4 Å². The number of fused-ring (bicyclic) bond motifs is 3. The fourth-order valence-corrected chi connectivity index (χ4v) is 5.23. The fraction of sp³-hybridized carbons (Fsp3) is 0.346. The van der Waals surface area contributed by atoms with E-state index in [2.05, 4.69) is 15.0 Å². The fourth-order valence-electron chi connectivity index (χ4n) is 5.23. The molecule has 186 valence electrons. The summed E-state index contributed by atoms with van der Waals surface area (Å²) in [6.07, 6.45) is 6.75. The molecule has 0 unspecified atom stereocenters. The average molecular weight is 496 g/mol. The zero-order chi connectivity index (χ0) is 24.9. The van der Waals surface area contributed by atoms with Crippen molar-refractivity contribution in [2.45, 2.75) is 43.8 Å². The standard InChI is InChI=1S/C26H23F3N4O3/c27-19-11-22-32-20-6-5-17(16-3-1-2-4-21(16)36-25(28)29)23(20)33(22)14-18(19)15-12-30-24(31-13-15)26(34)7-9-35-10-8-26/h1-4,11-14,17,25,34H,5-10H2/t17-/m1/s1. The van der Waals surface area contributed by atoms with Crippen molar-refractivity contribution < 1.29 is 27.8 Å². The molecule has 2 aliphatic rings. The Morgan fingerprint density at radius 1 is 1.14 bits per heavy atom. The van der Waals surface area contributed by atoms with Crippen LogP contribution in [0.5, 0.6) is 5.75 Å². The molecule has 36 heavy (non-hydrogen) atoms. The van der Waals surface area contributed by atoms with Crippen molar-refractivity contribution >= 4 is 5.65 Å². The number of imidazole rings is 1. The van der Waals surface area contributed by atoms with Crippen LogP contribution in [0.2, 0.25) is 0 Å². The second-order valence-corrected chi connectivity index (χ2v) is 9.15. The Morgan fingerprint density at radius 3 is 2.64 bits per heavy atom. The topological polar surface area (TPSA) is 81.8 Å². The molecule has 7 nitrogen and oxygen atoms in total. The highest BCUT2D eigenvalue weighted by Gasteiger charge is 2.35. The first kappa shape index (κ1) is 22.9. The number of aliphatic hydroxyl groups is 1. The Balaban J connectivity index is 1.40. The first-order valence-corrected chi connectivity index (χ1v) is 11.8. The maximum atomic E-state index is 15.1. The first-order valence-electron chi connectivity index (χ1n) is 11.8. The second-order valence-electron chi connectivity index (χ2n) is 9.15. The molecule has 6 rings (SSSR count). The van der Waals surface area contributed by atoms with Crippen molar-refractivity contribution in [3.63, 3.8) is 0 Å². The zero-order valence-electron chi connectivity index (χ0n) is 19.2. The molecule has 0 bridgehead atoms. The van der Waals surface area contributed by atoms with E-state index in [-0.39, 0.29) is 23.1 Å². The van der Waals surface area contributed by atoms with Crippen LogP contribution in [0.3, 0.4) is 0 Å². The number of aryl methyl sites for hydroxylation is 1. The average Bonchev–Trinajstić information content (AvgIpc) is 3.43. The van der Waals surface area contributed by atoms with Crippen molar-refractivity contribution in [1.29, 1.82) is 0 Å². The molecule has 3 aromatic heterocycles. The minimum Gasteiger partial charge on any atom is -0.435 e. The van der Waals surface area contributed by atoms with Crippen LogP contribution in [-0.2, 0) is 16.8 Å². The van der Waals surface area contributed by atoms with Gasteiger partial charge in [-0.15, -0.1) is 0 Å². The normalized spacial score (nSPS) is 19.1. The predicted octanol–water partition coefficient (Wildman–Crippen LogP) is 4.61. The third kappa shape index (κ3) is 3.90. The van der Waals surface area contributed by atoms with E-state index >= 15 is 4.39 Å². The van der Waals surface area contributed by atoms with E-state index < -0.39 is 18.0 Å². The van der Waals surface area contributed by atoms with E-state index in [0.717, 1.165) is 11.4 Å². The summed E-state index contributed by atoms with van der Waals surface area (Å²) in [7, 11) is 0. The lowest BCUT2D eigenvalue weighted by molar-refractivity contribution is -0.0733. The minimum atomic E-state index is -2.93. The Morgan fingerprint density at radius 2 is 1.89 bits per heavy atom. The van der Waals surface area contributed by atoms with Gasteiger partial charge in [-0.1, -0.05) is 18.2 Å². The van der Waals surface area contributed by atoms with Gasteiger partial charge in [0, 0.05) is 73.3 Å². The van der Waals surface area contributed by atoms with Crippen molar-refractivity contribution in [2.24, 2.45) is 0 Å². The Bertz CT molecular complexity index is 1420. The number of benzene rings is 1. The quantitative estimate of drug-likeness (QED) is 0.435. The lowest BCUT2D eigenvalue weighted by atomic mass is 9.93. The molecule has 1 aliphatic heterocycles. The van der Waals surface area contributed by atoms with Gasteiger partial charge < -0.3 is 19.0 Å². The van der Waals surface area contributed by atoms with Crippen LogP contribution in [0.15, 0.2) is 48.9 Å². The lowest BCUT2D eigenvalue weighted by Crippen LogP contribution is -2.35. The monoisotopic (exact) mass is 496 g/mol. The third-order valence-electron chi connectivity index (χ3n) is 7.03. The summed E-state index contributed by atoms with van der Waals surface area (Å²) in [5.74, 6) is -0.303. The van der Waals surface area contributed by atoms with E-state index in [1.165, 1.54) is 24.5 Å². The number of halogens is 3. The third-order valence-corrected chi connectivity index (χ3v) is 7.03. The van der Waals surface area contributed by atoms with Crippen molar-refractivity contribution in [1.82, 2.24) is 19.4 Å². The summed E-state index contributed by atoms with van der Waals surface area (Å²) in [4.78, 5) is 13.3. The van der Waals surface area contributed by atoms with Crippen molar-refractivity contribution in [3.05, 3.63) is 77.5 Å². The molecule has 1 N–H and O–H groups in total. The van der Waals surface area contributed by atoms with Gasteiger partial charge in [-0.25, -0.2) is 19.3 Å². The van der Waals surface area contributed by atoms with Crippen LogP contribution >= 0.6 is 0 Å². The number of nitrogens with zero attached hydrogens (tertiary/aromatic N) is 4. The molecule has 1 saturated heterocycles. The van der Waals surface area contributed by atoms with Crippen LogP contribution in [-0.4, -0.2) is 44.3 Å². The molecule has 0 saturated carbocycles. The Labute approximate surface area is 204 Å². The van der Waals surface area contributed by atoms with Gasteiger partial charge in [0.15, 0.2) is 5.82 Å². The highest BCUT2D eigenvalue weighted by Crippen LogP contribution is 2.43. The van der Waals surface area contributed by atoms with Crippen LogP contribution in [0.1, 0.15) is 48.0 Å². The molecule has 0 radical (unpaired) electrons. The van der Waals surface area contributed by atoms with Crippen LogP contribution < -0.4 is 4.74 Å². The van der Waals surface area contributed by atoms with Gasteiger partial charge in [0.1, 0.15) is 22.8 Å². The number of ether oxygens (including phenoxy) is 2. The van der Waals surface area contributed by atoms with E-state index in [9.17, 15) is 13.9 Å². The molecular formula is C26H23F3N4O3. The van der Waals surface area contributed by atoms with Gasteiger partial charge in [0.2, 0.25) is 0 Å². The smallest absolute Gasteiger partial charge is 0.387 e. The number of para-hydroxylation sites is 1. The summed E-state index contributed by atoms with van der Waals surface area (Å²) in [5.41, 5.74) is 2.27.